The molecule has 0 aromatic heterocycles. The van der Waals surface area contributed by atoms with E-state index in [-0.39, 0.29) is 11.1 Å². The molecule has 5 heteroatoms. The van der Waals surface area contributed by atoms with Crippen molar-refractivity contribution in [2.45, 2.75) is 6.92 Å². The second-order valence-electron chi connectivity index (χ2n) is 4.22. The average Bonchev–Trinajstić information content (AvgIpc) is 2.49. The number of anilines is 1. The first-order valence-corrected chi connectivity index (χ1v) is 6.38. The van der Waals surface area contributed by atoms with Crippen LogP contribution in [-0.2, 0) is 0 Å². The molecule has 2 aromatic carbocycles. The molecule has 0 aliphatic heterocycles. The van der Waals surface area contributed by atoms with Crippen molar-refractivity contribution in [3.63, 3.8) is 0 Å². The summed E-state index contributed by atoms with van der Waals surface area (Å²) < 4.78 is 19.0. The molecule has 0 spiro atoms. The van der Waals surface area contributed by atoms with Crippen molar-refractivity contribution < 1.29 is 13.9 Å². The van der Waals surface area contributed by atoms with Crippen molar-refractivity contribution in [1.29, 1.82) is 5.26 Å². The van der Waals surface area contributed by atoms with Crippen molar-refractivity contribution in [1.82, 2.24) is 0 Å². The largest absolute Gasteiger partial charge is 0.494 e. The summed E-state index contributed by atoms with van der Waals surface area (Å²) in [6.07, 6.45) is 0. The van der Waals surface area contributed by atoms with Gasteiger partial charge in [-0.05, 0) is 49.4 Å². The lowest BCUT2D eigenvalue weighted by Crippen LogP contribution is -2.13. The summed E-state index contributed by atoms with van der Waals surface area (Å²) in [7, 11) is 0. The van der Waals surface area contributed by atoms with Gasteiger partial charge in [-0.3, -0.25) is 4.79 Å². The van der Waals surface area contributed by atoms with Crippen LogP contribution in [0.1, 0.15) is 22.8 Å². The van der Waals surface area contributed by atoms with E-state index >= 15 is 0 Å². The van der Waals surface area contributed by atoms with Gasteiger partial charge in [0, 0.05) is 5.69 Å². The number of carbonyl (C=O) groups excluding carboxylic acids is 1. The smallest absolute Gasteiger partial charge is 0.258 e. The molecule has 0 atom stereocenters. The van der Waals surface area contributed by atoms with Gasteiger partial charge in [0.2, 0.25) is 0 Å². The van der Waals surface area contributed by atoms with E-state index in [4.69, 9.17) is 10.00 Å². The lowest BCUT2D eigenvalue weighted by Gasteiger charge is -2.08. The van der Waals surface area contributed by atoms with E-state index in [0.717, 1.165) is 6.07 Å². The molecule has 0 unspecified atom stereocenters. The Balaban J connectivity index is 2.12. The fraction of sp³-hybridized carbons (Fsp3) is 0.125. The van der Waals surface area contributed by atoms with E-state index in [1.807, 2.05) is 13.0 Å². The molecule has 0 saturated carbocycles. The fourth-order valence-corrected chi connectivity index (χ4v) is 1.77. The third-order valence-corrected chi connectivity index (χ3v) is 2.77. The minimum Gasteiger partial charge on any atom is -0.494 e. The van der Waals surface area contributed by atoms with Crippen LogP contribution in [0.15, 0.2) is 42.5 Å². The number of benzene rings is 2. The Morgan fingerprint density at radius 2 is 2.00 bits per heavy atom. The molecular formula is C16H13FN2O2. The fourth-order valence-electron chi connectivity index (χ4n) is 1.77. The second-order valence-corrected chi connectivity index (χ2v) is 4.22. The van der Waals surface area contributed by atoms with Gasteiger partial charge in [-0.1, -0.05) is 0 Å². The molecule has 21 heavy (non-hydrogen) atoms. The number of carbonyl (C=O) groups is 1. The van der Waals surface area contributed by atoms with Crippen molar-refractivity contribution in [3.8, 4) is 11.8 Å². The number of nitrogens with one attached hydrogen (secondary N) is 1. The number of amides is 1. The van der Waals surface area contributed by atoms with E-state index in [0.29, 0.717) is 18.0 Å². The van der Waals surface area contributed by atoms with Gasteiger partial charge in [-0.2, -0.15) is 5.26 Å². The highest BCUT2D eigenvalue weighted by molar-refractivity contribution is 6.04. The van der Waals surface area contributed by atoms with Crippen molar-refractivity contribution in [2.24, 2.45) is 0 Å². The van der Waals surface area contributed by atoms with Gasteiger partial charge in [0.25, 0.3) is 5.91 Å². The maximum atomic E-state index is 13.7. The summed E-state index contributed by atoms with van der Waals surface area (Å²) in [5.74, 6) is -0.598. The van der Waals surface area contributed by atoms with E-state index in [9.17, 15) is 9.18 Å². The Labute approximate surface area is 121 Å². The highest BCUT2D eigenvalue weighted by Gasteiger charge is 2.12. The van der Waals surface area contributed by atoms with Gasteiger partial charge in [0.05, 0.1) is 23.8 Å². The van der Waals surface area contributed by atoms with Crippen LogP contribution in [0, 0.1) is 17.1 Å². The molecule has 4 nitrogen and oxygen atoms in total. The number of halogens is 1. The van der Waals surface area contributed by atoms with Crippen LogP contribution in [0.3, 0.4) is 0 Å². The highest BCUT2D eigenvalue weighted by Crippen LogP contribution is 2.17. The first kappa shape index (κ1) is 14.5. The molecular weight excluding hydrogens is 271 g/mol. The lowest BCUT2D eigenvalue weighted by molar-refractivity contribution is 0.102. The standard InChI is InChI=1S/C16H13FN2O2/c1-2-21-13-6-4-12(5-7-13)19-16(20)14-8-3-11(10-18)9-15(14)17/h3-9H,2H2,1H3,(H,19,20). The molecule has 0 radical (unpaired) electrons. The third kappa shape index (κ3) is 3.57. The molecule has 0 heterocycles. The first-order chi connectivity index (χ1) is 10.1. The number of hydrogen-bond acceptors (Lipinski definition) is 3. The predicted octanol–water partition coefficient (Wildman–Crippen LogP) is 3.35. The molecule has 1 amide bonds. The summed E-state index contributed by atoms with van der Waals surface area (Å²) >= 11 is 0. The van der Waals surface area contributed by atoms with Gasteiger partial charge in [-0.25, -0.2) is 4.39 Å². The molecule has 0 fully saturated rings. The molecule has 0 bridgehead atoms. The Bertz CT molecular complexity index is 690. The monoisotopic (exact) mass is 284 g/mol. The molecule has 0 saturated heterocycles. The number of nitriles is 1. The number of ether oxygens (including phenoxy) is 1. The van der Waals surface area contributed by atoms with Crippen molar-refractivity contribution in [3.05, 3.63) is 59.4 Å². The van der Waals surface area contributed by atoms with Gasteiger partial charge in [0.1, 0.15) is 11.6 Å². The van der Waals surface area contributed by atoms with Gasteiger partial charge < -0.3 is 10.1 Å². The summed E-state index contributed by atoms with van der Waals surface area (Å²) in [5.41, 5.74) is 0.597. The summed E-state index contributed by atoms with van der Waals surface area (Å²) in [6, 6.07) is 12.3. The maximum absolute atomic E-state index is 13.7. The van der Waals surface area contributed by atoms with E-state index in [1.54, 1.807) is 24.3 Å². The normalized spacial score (nSPS) is 9.76. The zero-order chi connectivity index (χ0) is 15.2. The minimum absolute atomic E-state index is 0.108. The zero-order valence-corrected chi connectivity index (χ0v) is 11.4. The first-order valence-electron chi connectivity index (χ1n) is 6.38. The topological polar surface area (TPSA) is 62.1 Å². The summed E-state index contributed by atoms with van der Waals surface area (Å²) in [4.78, 5) is 12.0. The number of hydrogen-bond donors (Lipinski definition) is 1. The summed E-state index contributed by atoms with van der Waals surface area (Å²) in [6.45, 7) is 2.44. The molecule has 2 aromatic rings. The van der Waals surface area contributed by atoms with Gasteiger partial charge in [-0.15, -0.1) is 0 Å². The Hall–Kier alpha value is -2.87. The van der Waals surface area contributed by atoms with Crippen LogP contribution in [0.4, 0.5) is 10.1 Å². The summed E-state index contributed by atoms with van der Waals surface area (Å²) in [5, 5.41) is 11.3. The van der Waals surface area contributed by atoms with Crippen LogP contribution in [0.5, 0.6) is 5.75 Å². The maximum Gasteiger partial charge on any atom is 0.258 e. The molecule has 106 valence electrons. The lowest BCUT2D eigenvalue weighted by atomic mass is 10.1. The highest BCUT2D eigenvalue weighted by atomic mass is 19.1. The van der Waals surface area contributed by atoms with Crippen molar-refractivity contribution in [2.75, 3.05) is 11.9 Å². The quantitative estimate of drug-likeness (QED) is 0.936. The third-order valence-electron chi connectivity index (χ3n) is 2.77. The predicted molar refractivity (Wildman–Crippen MR) is 76.7 cm³/mol. The van der Waals surface area contributed by atoms with E-state index in [1.165, 1.54) is 12.1 Å². The zero-order valence-electron chi connectivity index (χ0n) is 11.4. The van der Waals surface area contributed by atoms with E-state index < -0.39 is 11.7 Å². The SMILES string of the molecule is CCOc1ccc(NC(=O)c2ccc(C#N)cc2F)cc1. The van der Waals surface area contributed by atoms with Crippen LogP contribution in [0.2, 0.25) is 0 Å². The van der Waals surface area contributed by atoms with E-state index in [2.05, 4.69) is 5.32 Å². The van der Waals surface area contributed by atoms with Crippen LogP contribution < -0.4 is 10.1 Å². The molecule has 2 rings (SSSR count). The molecule has 1 N–H and O–H groups in total. The van der Waals surface area contributed by atoms with Crippen molar-refractivity contribution >= 4 is 11.6 Å². The van der Waals surface area contributed by atoms with Crippen LogP contribution >= 0.6 is 0 Å². The average molecular weight is 284 g/mol. The Morgan fingerprint density at radius 3 is 2.57 bits per heavy atom. The molecule has 0 aliphatic carbocycles. The Kier molecular flexibility index (Phi) is 4.52. The van der Waals surface area contributed by atoms with Crippen LogP contribution in [0.25, 0.3) is 0 Å². The van der Waals surface area contributed by atoms with Gasteiger partial charge >= 0.3 is 0 Å². The second kappa shape index (κ2) is 6.53. The Morgan fingerprint density at radius 1 is 1.29 bits per heavy atom. The van der Waals surface area contributed by atoms with Gasteiger partial charge in [0.15, 0.2) is 0 Å². The number of nitrogens with zero attached hydrogens (tertiary/aromatic N) is 1. The molecule has 0 aliphatic rings. The minimum atomic E-state index is -0.725. The number of rotatable bonds is 4. The van der Waals surface area contributed by atoms with Crippen LogP contribution in [-0.4, -0.2) is 12.5 Å².